The lowest BCUT2D eigenvalue weighted by molar-refractivity contribution is 0.112. The Hall–Kier alpha value is -1.41. The Balaban J connectivity index is 2.65. The van der Waals surface area contributed by atoms with Crippen molar-refractivity contribution in [2.45, 2.75) is 6.92 Å². The summed E-state index contributed by atoms with van der Waals surface area (Å²) >= 11 is 3.37. The molecule has 2 aromatic rings. The van der Waals surface area contributed by atoms with Gasteiger partial charge in [0.2, 0.25) is 0 Å². The minimum absolute atomic E-state index is 0.712. The van der Waals surface area contributed by atoms with E-state index in [9.17, 15) is 4.79 Å². The molecule has 80 valence electrons. The highest BCUT2D eigenvalue weighted by atomic mass is 79.9. The summed E-state index contributed by atoms with van der Waals surface area (Å²) in [6.45, 7) is 2.05. The van der Waals surface area contributed by atoms with Crippen LogP contribution in [0.4, 0.5) is 0 Å². The van der Waals surface area contributed by atoms with Crippen molar-refractivity contribution >= 4 is 22.2 Å². The van der Waals surface area contributed by atoms with Crippen LogP contribution in [0.5, 0.6) is 0 Å². The molecule has 0 bridgehead atoms. The first-order valence-corrected chi connectivity index (χ1v) is 5.82. The molecule has 0 spiro atoms. The SMILES string of the molecule is Cc1ccccc1-c1ccc(Br)cc1C=O. The lowest BCUT2D eigenvalue weighted by atomic mass is 9.97. The van der Waals surface area contributed by atoms with E-state index in [-0.39, 0.29) is 0 Å². The number of carbonyl (C=O) groups excluding carboxylic acids is 1. The maximum Gasteiger partial charge on any atom is 0.150 e. The predicted molar refractivity (Wildman–Crippen MR) is 69.7 cm³/mol. The Kier molecular flexibility index (Phi) is 3.20. The smallest absolute Gasteiger partial charge is 0.150 e. The third kappa shape index (κ3) is 2.07. The average molecular weight is 275 g/mol. The van der Waals surface area contributed by atoms with Gasteiger partial charge in [0.15, 0.2) is 6.29 Å². The molecular weight excluding hydrogens is 264 g/mol. The summed E-state index contributed by atoms with van der Waals surface area (Å²) in [4.78, 5) is 11.0. The van der Waals surface area contributed by atoms with E-state index in [2.05, 4.69) is 15.9 Å². The Morgan fingerprint density at radius 2 is 1.81 bits per heavy atom. The quantitative estimate of drug-likeness (QED) is 0.749. The van der Waals surface area contributed by atoms with E-state index in [0.717, 1.165) is 21.9 Å². The molecule has 0 aromatic heterocycles. The molecule has 0 N–H and O–H groups in total. The highest BCUT2D eigenvalue weighted by Crippen LogP contribution is 2.27. The van der Waals surface area contributed by atoms with Crippen LogP contribution in [-0.4, -0.2) is 6.29 Å². The number of hydrogen-bond donors (Lipinski definition) is 0. The van der Waals surface area contributed by atoms with Crippen LogP contribution in [0.3, 0.4) is 0 Å². The van der Waals surface area contributed by atoms with Gasteiger partial charge in [-0.05, 0) is 35.7 Å². The molecule has 0 saturated heterocycles. The summed E-state index contributed by atoms with van der Waals surface area (Å²) in [5, 5.41) is 0. The summed E-state index contributed by atoms with van der Waals surface area (Å²) in [6.07, 6.45) is 0.895. The first-order chi connectivity index (χ1) is 7.72. The fourth-order valence-corrected chi connectivity index (χ4v) is 2.13. The lowest BCUT2D eigenvalue weighted by Crippen LogP contribution is -1.89. The summed E-state index contributed by atoms with van der Waals surface area (Å²) in [5.74, 6) is 0. The third-order valence-corrected chi connectivity index (χ3v) is 3.07. The van der Waals surface area contributed by atoms with Crippen molar-refractivity contribution in [3.05, 3.63) is 58.1 Å². The monoisotopic (exact) mass is 274 g/mol. The molecule has 0 fully saturated rings. The molecule has 0 heterocycles. The van der Waals surface area contributed by atoms with E-state index < -0.39 is 0 Å². The highest BCUT2D eigenvalue weighted by Gasteiger charge is 2.06. The van der Waals surface area contributed by atoms with Crippen LogP contribution < -0.4 is 0 Å². The molecule has 0 saturated carbocycles. The minimum atomic E-state index is 0.712. The molecule has 2 heteroatoms. The van der Waals surface area contributed by atoms with E-state index in [1.165, 1.54) is 5.56 Å². The van der Waals surface area contributed by atoms with E-state index in [0.29, 0.717) is 5.56 Å². The lowest BCUT2D eigenvalue weighted by Gasteiger charge is -2.08. The topological polar surface area (TPSA) is 17.1 Å². The van der Waals surface area contributed by atoms with Crippen molar-refractivity contribution in [2.75, 3.05) is 0 Å². The zero-order valence-corrected chi connectivity index (χ0v) is 10.5. The van der Waals surface area contributed by atoms with E-state index in [4.69, 9.17) is 0 Å². The van der Waals surface area contributed by atoms with Crippen LogP contribution in [-0.2, 0) is 0 Å². The van der Waals surface area contributed by atoms with Gasteiger partial charge in [0, 0.05) is 10.0 Å². The van der Waals surface area contributed by atoms with Crippen LogP contribution in [0.1, 0.15) is 15.9 Å². The Bertz CT molecular complexity index is 532. The van der Waals surface area contributed by atoms with Crippen molar-refractivity contribution in [1.29, 1.82) is 0 Å². The van der Waals surface area contributed by atoms with Crippen LogP contribution in [0.25, 0.3) is 11.1 Å². The van der Waals surface area contributed by atoms with Crippen LogP contribution in [0, 0.1) is 6.92 Å². The molecule has 1 nitrogen and oxygen atoms in total. The molecular formula is C14H11BrO. The molecule has 0 radical (unpaired) electrons. The minimum Gasteiger partial charge on any atom is -0.298 e. The number of halogens is 1. The van der Waals surface area contributed by atoms with Gasteiger partial charge >= 0.3 is 0 Å². The number of hydrogen-bond acceptors (Lipinski definition) is 1. The Morgan fingerprint density at radius 3 is 2.50 bits per heavy atom. The normalized spacial score (nSPS) is 10.1. The second-order valence-electron chi connectivity index (χ2n) is 3.66. The van der Waals surface area contributed by atoms with Crippen LogP contribution in [0.2, 0.25) is 0 Å². The second kappa shape index (κ2) is 4.62. The molecule has 2 aromatic carbocycles. The second-order valence-corrected chi connectivity index (χ2v) is 4.58. The largest absolute Gasteiger partial charge is 0.298 e. The van der Waals surface area contributed by atoms with Crippen molar-refractivity contribution in [3.63, 3.8) is 0 Å². The van der Waals surface area contributed by atoms with Gasteiger partial charge in [-0.3, -0.25) is 4.79 Å². The van der Waals surface area contributed by atoms with Crippen molar-refractivity contribution in [1.82, 2.24) is 0 Å². The molecule has 2 rings (SSSR count). The van der Waals surface area contributed by atoms with Crippen molar-refractivity contribution in [3.8, 4) is 11.1 Å². The fraction of sp³-hybridized carbons (Fsp3) is 0.0714. The summed E-state index contributed by atoms with van der Waals surface area (Å²) in [7, 11) is 0. The summed E-state index contributed by atoms with van der Waals surface area (Å²) < 4.78 is 0.923. The van der Waals surface area contributed by atoms with Gasteiger partial charge in [0.05, 0.1) is 0 Å². The van der Waals surface area contributed by atoms with Gasteiger partial charge in [-0.2, -0.15) is 0 Å². The summed E-state index contributed by atoms with van der Waals surface area (Å²) in [5.41, 5.74) is 3.98. The molecule has 0 atom stereocenters. The third-order valence-electron chi connectivity index (χ3n) is 2.58. The fourth-order valence-electron chi connectivity index (χ4n) is 1.75. The van der Waals surface area contributed by atoms with Crippen LogP contribution in [0.15, 0.2) is 46.9 Å². The zero-order chi connectivity index (χ0) is 11.5. The number of aldehydes is 1. The van der Waals surface area contributed by atoms with Crippen LogP contribution >= 0.6 is 15.9 Å². The number of carbonyl (C=O) groups is 1. The number of benzene rings is 2. The average Bonchev–Trinajstić information content (AvgIpc) is 2.30. The van der Waals surface area contributed by atoms with Crippen molar-refractivity contribution < 1.29 is 4.79 Å². The van der Waals surface area contributed by atoms with Gasteiger partial charge in [0.25, 0.3) is 0 Å². The Morgan fingerprint density at radius 1 is 1.06 bits per heavy atom. The molecule has 0 aliphatic rings. The molecule has 0 aliphatic carbocycles. The van der Waals surface area contributed by atoms with Gasteiger partial charge in [-0.15, -0.1) is 0 Å². The van der Waals surface area contributed by atoms with Crippen molar-refractivity contribution in [2.24, 2.45) is 0 Å². The first-order valence-electron chi connectivity index (χ1n) is 5.03. The van der Waals surface area contributed by atoms with Gasteiger partial charge in [-0.1, -0.05) is 46.3 Å². The van der Waals surface area contributed by atoms with Gasteiger partial charge in [0.1, 0.15) is 0 Å². The number of rotatable bonds is 2. The van der Waals surface area contributed by atoms with Gasteiger partial charge < -0.3 is 0 Å². The first kappa shape index (κ1) is 11.1. The van der Waals surface area contributed by atoms with E-state index >= 15 is 0 Å². The highest BCUT2D eigenvalue weighted by molar-refractivity contribution is 9.10. The molecule has 0 aliphatic heterocycles. The predicted octanol–water partition coefficient (Wildman–Crippen LogP) is 4.24. The molecule has 16 heavy (non-hydrogen) atoms. The standard InChI is InChI=1S/C14H11BrO/c1-10-4-2-3-5-13(10)14-7-6-12(15)8-11(14)9-16/h2-9H,1H3. The zero-order valence-electron chi connectivity index (χ0n) is 8.91. The van der Waals surface area contributed by atoms with Gasteiger partial charge in [-0.25, -0.2) is 0 Å². The maximum absolute atomic E-state index is 11.0. The van der Waals surface area contributed by atoms with E-state index in [1.54, 1.807) is 0 Å². The molecule has 0 amide bonds. The summed E-state index contributed by atoms with van der Waals surface area (Å²) in [6, 6.07) is 13.8. The Labute approximate surface area is 103 Å². The number of aryl methyl sites for hydroxylation is 1. The maximum atomic E-state index is 11.0. The van der Waals surface area contributed by atoms with E-state index in [1.807, 2.05) is 49.4 Å². The molecule has 0 unspecified atom stereocenters.